The number of fused-ring (bicyclic) bond motifs is 10. The second-order valence-corrected chi connectivity index (χ2v) is 24.8. The van der Waals surface area contributed by atoms with E-state index in [0.29, 0.717) is 0 Å². The Morgan fingerprint density at radius 1 is 0.427 bits per heavy atom. The summed E-state index contributed by atoms with van der Waals surface area (Å²) in [6.07, 6.45) is 6.01. The van der Waals surface area contributed by atoms with Crippen molar-refractivity contribution in [2.45, 2.75) is 105 Å². The fourth-order valence-electron chi connectivity index (χ4n) is 11.2. The standard InChI is InChI=1S/C70H66N4O/c1-67(2,3)46-30-28-44(29-31-46)45-36-58-54-24-15-13-22-52(54)53-23-14-16-25-55(53)59-38-48(69(7,8)9)39-60(70(10,11)12)65(59)73-43-72(63(37-45)66(58)73)49-20-19-21-50(41-49)75-51-32-33-57-56-26-17-18-27-61(56)74(62(57)42-51)64-40-47(34-35-71-64)68(4,5)6/h13-42H,1-12H3. The van der Waals surface area contributed by atoms with Gasteiger partial charge in [-0.05, 0) is 143 Å². The molecule has 0 saturated heterocycles. The van der Waals surface area contributed by atoms with Crippen LogP contribution >= 0.6 is 0 Å². The van der Waals surface area contributed by atoms with Gasteiger partial charge in [-0.25, -0.2) is 4.98 Å². The van der Waals surface area contributed by atoms with E-state index in [1.807, 2.05) is 6.20 Å². The molecular formula is C70H66N4O. The minimum Gasteiger partial charge on any atom is -0.458 e. The number of pyridine rings is 1. The van der Waals surface area contributed by atoms with Gasteiger partial charge in [-0.1, -0.05) is 198 Å². The van der Waals surface area contributed by atoms with E-state index in [9.17, 15) is 0 Å². The summed E-state index contributed by atoms with van der Waals surface area (Å²) in [4.78, 5) is 4.94. The van der Waals surface area contributed by atoms with Gasteiger partial charge in [0.25, 0.3) is 6.33 Å². The van der Waals surface area contributed by atoms with Crippen LogP contribution in [0.2, 0.25) is 0 Å². The molecule has 5 nitrogen and oxygen atoms in total. The van der Waals surface area contributed by atoms with Crippen molar-refractivity contribution in [3.8, 4) is 73.2 Å². The molecule has 0 bridgehead atoms. The summed E-state index contributed by atoms with van der Waals surface area (Å²) < 4.78 is 13.9. The summed E-state index contributed by atoms with van der Waals surface area (Å²) in [6, 6.07) is 64.7. The third-order valence-electron chi connectivity index (χ3n) is 15.4. The molecule has 0 spiro atoms. The number of rotatable bonds is 5. The Morgan fingerprint density at radius 2 is 1.04 bits per heavy atom. The minimum absolute atomic E-state index is 0.0297. The zero-order valence-electron chi connectivity index (χ0n) is 45.5. The summed E-state index contributed by atoms with van der Waals surface area (Å²) >= 11 is 0. The van der Waals surface area contributed by atoms with Gasteiger partial charge < -0.3 is 4.74 Å². The van der Waals surface area contributed by atoms with Crippen molar-refractivity contribution in [2.75, 3.05) is 0 Å². The molecule has 0 N–H and O–H groups in total. The zero-order chi connectivity index (χ0) is 52.3. The van der Waals surface area contributed by atoms with E-state index in [4.69, 9.17) is 9.72 Å². The first-order valence-electron chi connectivity index (χ1n) is 26.5. The molecule has 1 aliphatic rings. The van der Waals surface area contributed by atoms with Crippen LogP contribution in [0.5, 0.6) is 11.5 Å². The van der Waals surface area contributed by atoms with Crippen LogP contribution < -0.4 is 9.30 Å². The van der Waals surface area contributed by atoms with Gasteiger partial charge in [0, 0.05) is 23.0 Å². The number of hydrogen-bond acceptors (Lipinski definition) is 2. The first-order chi connectivity index (χ1) is 35.7. The Labute approximate surface area is 442 Å². The van der Waals surface area contributed by atoms with Crippen LogP contribution in [0, 0.1) is 6.33 Å². The van der Waals surface area contributed by atoms with E-state index in [0.717, 1.165) is 72.8 Å². The van der Waals surface area contributed by atoms with Gasteiger partial charge in [0.1, 0.15) is 17.3 Å². The van der Waals surface area contributed by atoms with Crippen LogP contribution in [0.25, 0.3) is 94.5 Å². The first-order valence-corrected chi connectivity index (χ1v) is 26.5. The van der Waals surface area contributed by atoms with E-state index >= 15 is 0 Å². The number of aromatic nitrogens is 4. The number of para-hydroxylation sites is 1. The summed E-state index contributed by atoms with van der Waals surface area (Å²) in [5, 5.41) is 2.32. The molecule has 0 radical (unpaired) electrons. The largest absolute Gasteiger partial charge is 0.458 e. The maximum atomic E-state index is 6.97. The summed E-state index contributed by atoms with van der Waals surface area (Å²) in [5.74, 6) is 2.35. The minimum atomic E-state index is -0.225. The highest BCUT2D eigenvalue weighted by Gasteiger charge is 2.32. The predicted molar refractivity (Wildman–Crippen MR) is 312 cm³/mol. The molecule has 0 fully saturated rings. The van der Waals surface area contributed by atoms with E-state index in [-0.39, 0.29) is 21.7 Å². The van der Waals surface area contributed by atoms with Crippen molar-refractivity contribution in [3.05, 3.63) is 211 Å². The normalized spacial score (nSPS) is 12.8. The molecular weight excluding hydrogens is 913 g/mol. The van der Waals surface area contributed by atoms with Crippen molar-refractivity contribution in [3.63, 3.8) is 0 Å². The van der Waals surface area contributed by atoms with Gasteiger partial charge in [0.15, 0.2) is 0 Å². The average molecular weight is 979 g/mol. The quantitative estimate of drug-likeness (QED) is 0.127. The monoisotopic (exact) mass is 979 g/mol. The molecule has 0 amide bonds. The van der Waals surface area contributed by atoms with Crippen molar-refractivity contribution >= 4 is 32.8 Å². The molecule has 3 aromatic heterocycles. The van der Waals surface area contributed by atoms with Crippen molar-refractivity contribution in [1.29, 1.82) is 0 Å². The van der Waals surface area contributed by atoms with Gasteiger partial charge in [-0.2, -0.15) is 0 Å². The highest BCUT2D eigenvalue weighted by molar-refractivity contribution is 6.09. The summed E-state index contributed by atoms with van der Waals surface area (Å²) in [7, 11) is 0. The van der Waals surface area contributed by atoms with Crippen LogP contribution in [0.3, 0.4) is 0 Å². The Morgan fingerprint density at radius 3 is 1.71 bits per heavy atom. The van der Waals surface area contributed by atoms with Crippen LogP contribution in [-0.2, 0) is 21.7 Å². The number of hydrogen-bond donors (Lipinski definition) is 0. The van der Waals surface area contributed by atoms with Crippen molar-refractivity contribution in [2.24, 2.45) is 0 Å². The topological polar surface area (TPSA) is 35.9 Å². The molecule has 0 aliphatic carbocycles. The Kier molecular flexibility index (Phi) is 11.0. The zero-order valence-corrected chi connectivity index (χ0v) is 45.5. The lowest BCUT2D eigenvalue weighted by Gasteiger charge is -2.30. The van der Waals surface area contributed by atoms with Gasteiger partial charge >= 0.3 is 0 Å². The molecule has 75 heavy (non-hydrogen) atoms. The summed E-state index contributed by atoms with van der Waals surface area (Å²) in [6.45, 7) is 27.6. The third-order valence-corrected chi connectivity index (χ3v) is 15.4. The maximum absolute atomic E-state index is 6.97. The summed E-state index contributed by atoms with van der Waals surface area (Å²) in [5.41, 5.74) is 20.6. The van der Waals surface area contributed by atoms with E-state index in [2.05, 4.69) is 279 Å². The maximum Gasteiger partial charge on any atom is 0.269 e. The second kappa shape index (κ2) is 17.3. The predicted octanol–water partition coefficient (Wildman–Crippen LogP) is 18.2. The smallest absolute Gasteiger partial charge is 0.269 e. The van der Waals surface area contributed by atoms with Crippen LogP contribution in [0.1, 0.15) is 105 Å². The molecule has 0 atom stereocenters. The SMILES string of the molecule is CC(C)(C)c1ccc(-c2cc3c4c(c2)n(-c2cccc(Oc5ccc6c7ccccc7n(-c7cc(C(C)(C)C)ccn7)c6c5)c2)[c-][n+]4-c2c(cc(C(C)(C)C)cc2C(C)(C)C)-c2ccccc2-c2ccccc2-3)cc1. The lowest BCUT2D eigenvalue weighted by molar-refractivity contribution is -0.572. The Bertz CT molecular complexity index is 4060. The fraction of sp³-hybridized carbons (Fsp3) is 0.229. The lowest BCUT2D eigenvalue weighted by atomic mass is 9.77. The number of nitrogens with zero attached hydrogens (tertiary/aromatic N) is 4. The molecule has 8 aromatic carbocycles. The third kappa shape index (κ3) is 8.34. The number of imidazole rings is 1. The number of ether oxygens (including phenoxy) is 1. The van der Waals surface area contributed by atoms with Crippen molar-refractivity contribution < 1.29 is 9.30 Å². The first kappa shape index (κ1) is 48.0. The molecule has 372 valence electrons. The van der Waals surface area contributed by atoms with Crippen LogP contribution in [0.15, 0.2) is 182 Å². The van der Waals surface area contributed by atoms with E-state index < -0.39 is 0 Å². The van der Waals surface area contributed by atoms with E-state index in [1.54, 1.807) is 0 Å². The molecule has 11 aromatic rings. The molecule has 4 heterocycles. The van der Waals surface area contributed by atoms with Crippen molar-refractivity contribution in [1.82, 2.24) is 14.1 Å². The van der Waals surface area contributed by atoms with Gasteiger partial charge in [0.2, 0.25) is 0 Å². The Balaban J connectivity index is 1.10. The Hall–Kier alpha value is -8.02. The van der Waals surface area contributed by atoms with Gasteiger partial charge in [-0.15, -0.1) is 0 Å². The molecule has 1 aliphatic heterocycles. The van der Waals surface area contributed by atoms with Gasteiger partial charge in [0.05, 0.1) is 33.4 Å². The highest BCUT2D eigenvalue weighted by Crippen LogP contribution is 2.48. The molecule has 5 heteroatoms. The highest BCUT2D eigenvalue weighted by atomic mass is 16.5. The van der Waals surface area contributed by atoms with Crippen LogP contribution in [-0.4, -0.2) is 14.1 Å². The fourth-order valence-corrected chi connectivity index (χ4v) is 11.2. The molecule has 12 rings (SSSR count). The molecule has 0 saturated carbocycles. The number of benzene rings is 8. The van der Waals surface area contributed by atoms with Crippen LogP contribution in [0.4, 0.5) is 0 Å². The van der Waals surface area contributed by atoms with E-state index in [1.165, 1.54) is 55.5 Å². The van der Waals surface area contributed by atoms with Gasteiger partial charge in [-0.3, -0.25) is 13.7 Å². The average Bonchev–Trinajstić information content (AvgIpc) is 3.95. The molecule has 0 unspecified atom stereocenters. The lowest BCUT2D eigenvalue weighted by Crippen LogP contribution is -2.35. The second-order valence-electron chi connectivity index (χ2n) is 24.8.